The van der Waals surface area contributed by atoms with Crippen molar-refractivity contribution in [3.8, 4) is 0 Å². The smallest absolute Gasteiger partial charge is 0.227 e. The van der Waals surface area contributed by atoms with Gasteiger partial charge in [-0.15, -0.1) is 0 Å². The van der Waals surface area contributed by atoms with E-state index in [2.05, 4.69) is 34.5 Å². The summed E-state index contributed by atoms with van der Waals surface area (Å²) in [5.41, 5.74) is 1.33. The molecule has 0 bridgehead atoms. The highest BCUT2D eigenvalue weighted by molar-refractivity contribution is 5.82. The summed E-state index contributed by atoms with van der Waals surface area (Å²) in [5.74, 6) is 0.383. The molecule has 0 spiro atoms. The lowest BCUT2D eigenvalue weighted by atomic mass is 9.93. The molecule has 4 rings (SSSR count). The first kappa shape index (κ1) is 15.6. The number of nitrogens with zero attached hydrogens (tertiary/aromatic N) is 2. The maximum Gasteiger partial charge on any atom is 0.227 e. The van der Waals surface area contributed by atoms with Crippen LogP contribution in [0.5, 0.6) is 0 Å². The molecule has 0 saturated carbocycles. The van der Waals surface area contributed by atoms with Crippen LogP contribution in [0.1, 0.15) is 37.3 Å². The van der Waals surface area contributed by atoms with Gasteiger partial charge in [0.1, 0.15) is 0 Å². The minimum atomic E-state index is 0.0568. The molecule has 128 valence electrons. The first-order valence-electron chi connectivity index (χ1n) is 9.10. The van der Waals surface area contributed by atoms with Crippen LogP contribution in [0.3, 0.4) is 0 Å². The van der Waals surface area contributed by atoms with Crippen LogP contribution in [0.15, 0.2) is 30.3 Å². The summed E-state index contributed by atoms with van der Waals surface area (Å²) in [6.45, 7) is 2.87. The van der Waals surface area contributed by atoms with Crippen LogP contribution < -0.4 is 5.32 Å². The Hall–Kier alpha value is -1.88. The lowest BCUT2D eigenvalue weighted by molar-refractivity contribution is -0.136. The minimum absolute atomic E-state index is 0.0568. The molecule has 3 heterocycles. The molecule has 1 aromatic carbocycles. The van der Waals surface area contributed by atoms with Crippen LogP contribution in [0, 0.1) is 5.92 Å². The Kier molecular flexibility index (Phi) is 4.27. The highest BCUT2D eigenvalue weighted by Crippen LogP contribution is 2.45. The molecule has 0 radical (unpaired) electrons. The molecule has 0 unspecified atom stereocenters. The summed E-state index contributed by atoms with van der Waals surface area (Å²) in [6.07, 6.45) is 3.63. The molecular formula is C19H25N3O2. The third kappa shape index (κ3) is 2.81. The average Bonchev–Trinajstić information content (AvgIpc) is 3.14. The van der Waals surface area contributed by atoms with Gasteiger partial charge in [-0.25, -0.2) is 0 Å². The topological polar surface area (TPSA) is 52.7 Å². The first-order chi connectivity index (χ1) is 11.7. The third-order valence-electron chi connectivity index (χ3n) is 5.81. The highest BCUT2D eigenvalue weighted by atomic mass is 16.2. The molecule has 5 heteroatoms. The SMILES string of the molecule is O=C1CCN(C(=O)[C@@H]2C[C@H](c3ccccc3)N3CCC[C@@H]23)CCN1. The van der Waals surface area contributed by atoms with Gasteiger partial charge in [0.15, 0.2) is 0 Å². The summed E-state index contributed by atoms with van der Waals surface area (Å²) in [4.78, 5) is 29.1. The van der Waals surface area contributed by atoms with Gasteiger partial charge in [0.05, 0.1) is 5.92 Å². The fourth-order valence-corrected chi connectivity index (χ4v) is 4.66. The van der Waals surface area contributed by atoms with Crippen molar-refractivity contribution in [1.82, 2.24) is 15.1 Å². The largest absolute Gasteiger partial charge is 0.354 e. The van der Waals surface area contributed by atoms with Gasteiger partial charge in [0, 0.05) is 38.1 Å². The number of carbonyl (C=O) groups is 2. The molecule has 5 nitrogen and oxygen atoms in total. The number of carbonyl (C=O) groups excluding carboxylic acids is 2. The van der Waals surface area contributed by atoms with Crippen LogP contribution in [-0.2, 0) is 9.59 Å². The number of rotatable bonds is 2. The molecule has 24 heavy (non-hydrogen) atoms. The number of benzene rings is 1. The maximum atomic E-state index is 13.1. The minimum Gasteiger partial charge on any atom is -0.354 e. The molecule has 2 amide bonds. The normalized spacial score (nSPS) is 30.8. The van der Waals surface area contributed by atoms with E-state index in [0.29, 0.717) is 38.1 Å². The average molecular weight is 327 g/mol. The van der Waals surface area contributed by atoms with Crippen LogP contribution in [0.4, 0.5) is 0 Å². The van der Waals surface area contributed by atoms with Crippen molar-refractivity contribution in [2.45, 2.75) is 37.8 Å². The van der Waals surface area contributed by atoms with E-state index in [9.17, 15) is 9.59 Å². The predicted octanol–water partition coefficient (Wildman–Crippen LogP) is 1.56. The second-order valence-corrected chi connectivity index (χ2v) is 7.14. The summed E-state index contributed by atoms with van der Waals surface area (Å²) >= 11 is 0. The number of nitrogens with one attached hydrogen (secondary N) is 1. The Morgan fingerprint density at radius 2 is 1.96 bits per heavy atom. The van der Waals surface area contributed by atoms with E-state index >= 15 is 0 Å². The Morgan fingerprint density at radius 1 is 1.12 bits per heavy atom. The predicted molar refractivity (Wildman–Crippen MR) is 91.2 cm³/mol. The zero-order valence-corrected chi connectivity index (χ0v) is 14.0. The number of hydrogen-bond donors (Lipinski definition) is 1. The van der Waals surface area contributed by atoms with Gasteiger partial charge in [0.2, 0.25) is 11.8 Å². The second kappa shape index (κ2) is 6.55. The van der Waals surface area contributed by atoms with Crippen molar-refractivity contribution >= 4 is 11.8 Å². The third-order valence-corrected chi connectivity index (χ3v) is 5.81. The molecule has 1 N–H and O–H groups in total. The lowest BCUT2D eigenvalue weighted by Gasteiger charge is -2.27. The van der Waals surface area contributed by atoms with Crippen LogP contribution in [0.25, 0.3) is 0 Å². The fraction of sp³-hybridized carbons (Fsp3) is 0.579. The van der Waals surface area contributed by atoms with Gasteiger partial charge in [-0.2, -0.15) is 0 Å². The molecule has 0 aliphatic carbocycles. The molecule has 1 aromatic rings. The Balaban J connectivity index is 1.53. The van der Waals surface area contributed by atoms with E-state index in [1.54, 1.807) is 0 Å². The van der Waals surface area contributed by atoms with Gasteiger partial charge in [0.25, 0.3) is 0 Å². The lowest BCUT2D eigenvalue weighted by Crippen LogP contribution is -2.42. The van der Waals surface area contributed by atoms with Gasteiger partial charge in [-0.1, -0.05) is 30.3 Å². The summed E-state index contributed by atoms with van der Waals surface area (Å²) in [6, 6.07) is 11.3. The first-order valence-corrected chi connectivity index (χ1v) is 9.10. The van der Waals surface area contributed by atoms with E-state index < -0.39 is 0 Å². The highest BCUT2D eigenvalue weighted by Gasteiger charge is 2.48. The van der Waals surface area contributed by atoms with Crippen LogP contribution in [0.2, 0.25) is 0 Å². The van der Waals surface area contributed by atoms with Crippen molar-refractivity contribution in [1.29, 1.82) is 0 Å². The summed E-state index contributed by atoms with van der Waals surface area (Å²) in [5, 5.41) is 2.86. The molecule has 3 aliphatic heterocycles. The Bertz CT molecular complexity index is 618. The molecule has 3 atom stereocenters. The van der Waals surface area contributed by atoms with Gasteiger partial charge < -0.3 is 10.2 Å². The number of fused-ring (bicyclic) bond motifs is 1. The zero-order chi connectivity index (χ0) is 16.5. The van der Waals surface area contributed by atoms with Crippen molar-refractivity contribution in [3.05, 3.63) is 35.9 Å². The molecule has 3 saturated heterocycles. The number of amides is 2. The van der Waals surface area contributed by atoms with Crippen LogP contribution in [-0.4, -0.2) is 53.8 Å². The number of hydrogen-bond acceptors (Lipinski definition) is 3. The molecule has 0 aromatic heterocycles. The fourth-order valence-electron chi connectivity index (χ4n) is 4.66. The van der Waals surface area contributed by atoms with E-state index in [1.807, 2.05) is 11.0 Å². The molecule has 3 aliphatic rings. The van der Waals surface area contributed by atoms with Crippen molar-refractivity contribution in [3.63, 3.8) is 0 Å². The van der Waals surface area contributed by atoms with Gasteiger partial charge >= 0.3 is 0 Å². The van der Waals surface area contributed by atoms with Gasteiger partial charge in [-0.05, 0) is 31.4 Å². The monoisotopic (exact) mass is 327 g/mol. The van der Waals surface area contributed by atoms with E-state index in [-0.39, 0.29) is 17.7 Å². The van der Waals surface area contributed by atoms with Crippen molar-refractivity contribution in [2.75, 3.05) is 26.2 Å². The maximum absolute atomic E-state index is 13.1. The van der Waals surface area contributed by atoms with Crippen molar-refractivity contribution < 1.29 is 9.59 Å². The van der Waals surface area contributed by atoms with Crippen molar-refractivity contribution in [2.24, 2.45) is 5.92 Å². The molecular weight excluding hydrogens is 302 g/mol. The van der Waals surface area contributed by atoms with Crippen LogP contribution >= 0.6 is 0 Å². The quantitative estimate of drug-likeness (QED) is 0.897. The summed E-state index contributed by atoms with van der Waals surface area (Å²) < 4.78 is 0. The van der Waals surface area contributed by atoms with E-state index in [1.165, 1.54) is 12.0 Å². The van der Waals surface area contributed by atoms with E-state index in [0.717, 1.165) is 19.4 Å². The van der Waals surface area contributed by atoms with E-state index in [4.69, 9.17) is 0 Å². The standard InChI is InChI=1S/C19H25N3O2/c23-18-8-11-21(12-9-20-18)19(24)15-13-17(14-5-2-1-3-6-14)22-10-4-7-16(15)22/h1-3,5-6,15-17H,4,7-13H2,(H,20,23)/t15-,16+,17-/m1/s1. The second-order valence-electron chi connectivity index (χ2n) is 7.14. The zero-order valence-electron chi connectivity index (χ0n) is 14.0. The Labute approximate surface area is 143 Å². The molecule has 3 fully saturated rings. The van der Waals surface area contributed by atoms with Gasteiger partial charge in [-0.3, -0.25) is 14.5 Å². The Morgan fingerprint density at radius 3 is 2.79 bits per heavy atom. The summed E-state index contributed by atoms with van der Waals surface area (Å²) in [7, 11) is 0.